The molecular weight excluding hydrogens is 378 g/mol. The molecule has 164 valence electrons. The molecule has 1 aromatic heterocycles. The average Bonchev–Trinajstić information content (AvgIpc) is 3.25. The second-order valence-electron chi connectivity index (χ2n) is 7.45. The highest BCUT2D eigenvalue weighted by molar-refractivity contribution is 5.73. The summed E-state index contributed by atoms with van der Waals surface area (Å²) in [6.07, 6.45) is 9.35. The van der Waals surface area contributed by atoms with Crippen LogP contribution in [0.2, 0.25) is 0 Å². The molecule has 1 aromatic carbocycles. The first-order chi connectivity index (χ1) is 14.6. The van der Waals surface area contributed by atoms with Gasteiger partial charge in [0.05, 0.1) is 12.3 Å². The van der Waals surface area contributed by atoms with Gasteiger partial charge in [-0.3, -0.25) is 9.63 Å². The van der Waals surface area contributed by atoms with E-state index >= 15 is 0 Å². The standard InChI is InChI=1S/C24H35N3O3/c1-5-7-13-27(14-8-6-2)30-19-26-17-21(16-25-26)22-11-9-10-12-23(22)24(29-4)15-20(3)18-28/h9-12,16-18,24H,3,5-8,13-15,19H2,1-2,4H3. The van der Waals surface area contributed by atoms with Gasteiger partial charge in [-0.15, -0.1) is 0 Å². The first kappa shape index (κ1) is 24.0. The topological polar surface area (TPSA) is 56.6 Å². The number of nitrogens with zero attached hydrogens (tertiary/aromatic N) is 3. The number of ether oxygens (including phenoxy) is 1. The maximum absolute atomic E-state index is 11.0. The monoisotopic (exact) mass is 413 g/mol. The van der Waals surface area contributed by atoms with Crippen molar-refractivity contribution in [3.05, 3.63) is 54.4 Å². The van der Waals surface area contributed by atoms with E-state index in [1.54, 1.807) is 7.11 Å². The summed E-state index contributed by atoms with van der Waals surface area (Å²) < 4.78 is 7.46. The first-order valence-electron chi connectivity index (χ1n) is 10.8. The van der Waals surface area contributed by atoms with Crippen LogP contribution in [0.3, 0.4) is 0 Å². The molecule has 1 heterocycles. The maximum Gasteiger partial charge on any atom is 0.160 e. The number of rotatable bonds is 15. The van der Waals surface area contributed by atoms with E-state index in [0.29, 0.717) is 18.7 Å². The van der Waals surface area contributed by atoms with Gasteiger partial charge in [-0.2, -0.15) is 10.2 Å². The molecule has 0 aliphatic carbocycles. The molecular formula is C24H35N3O3. The van der Waals surface area contributed by atoms with E-state index in [2.05, 4.69) is 25.5 Å². The molecule has 2 aromatic rings. The van der Waals surface area contributed by atoms with Crippen LogP contribution < -0.4 is 0 Å². The number of benzene rings is 1. The Kier molecular flexibility index (Phi) is 10.5. The molecule has 0 fully saturated rings. The second kappa shape index (κ2) is 13.1. The van der Waals surface area contributed by atoms with Crippen molar-refractivity contribution in [2.75, 3.05) is 20.2 Å². The van der Waals surface area contributed by atoms with Crippen LogP contribution >= 0.6 is 0 Å². The van der Waals surface area contributed by atoms with Gasteiger partial charge in [0, 0.05) is 38.4 Å². The van der Waals surface area contributed by atoms with Crippen LogP contribution in [-0.2, 0) is 21.1 Å². The van der Waals surface area contributed by atoms with Crippen LogP contribution in [0.4, 0.5) is 0 Å². The smallest absolute Gasteiger partial charge is 0.160 e. The lowest BCUT2D eigenvalue weighted by Crippen LogP contribution is -2.27. The van der Waals surface area contributed by atoms with Crippen molar-refractivity contribution in [3.8, 4) is 11.1 Å². The Hall–Kier alpha value is -2.28. The van der Waals surface area contributed by atoms with E-state index in [4.69, 9.17) is 9.57 Å². The van der Waals surface area contributed by atoms with Crippen LogP contribution in [0.5, 0.6) is 0 Å². The minimum absolute atomic E-state index is 0.239. The van der Waals surface area contributed by atoms with Crippen molar-refractivity contribution in [3.63, 3.8) is 0 Å². The van der Waals surface area contributed by atoms with Crippen LogP contribution in [0.1, 0.15) is 57.6 Å². The van der Waals surface area contributed by atoms with Crippen molar-refractivity contribution < 1.29 is 14.4 Å². The van der Waals surface area contributed by atoms with Crippen molar-refractivity contribution in [1.29, 1.82) is 0 Å². The number of carbonyl (C=O) groups excluding carboxylic acids is 1. The fraction of sp³-hybridized carbons (Fsp3) is 0.500. The molecule has 2 rings (SSSR count). The van der Waals surface area contributed by atoms with Gasteiger partial charge in [-0.25, -0.2) is 4.68 Å². The summed E-state index contributed by atoms with van der Waals surface area (Å²) in [6.45, 7) is 10.4. The molecule has 0 aliphatic rings. The van der Waals surface area contributed by atoms with Crippen molar-refractivity contribution in [1.82, 2.24) is 14.8 Å². The third-order valence-electron chi connectivity index (χ3n) is 5.05. The molecule has 1 unspecified atom stereocenters. The summed E-state index contributed by atoms with van der Waals surface area (Å²) >= 11 is 0. The molecule has 0 radical (unpaired) electrons. The van der Waals surface area contributed by atoms with Gasteiger partial charge in [0.2, 0.25) is 0 Å². The fourth-order valence-corrected chi connectivity index (χ4v) is 3.27. The van der Waals surface area contributed by atoms with Gasteiger partial charge in [0.25, 0.3) is 0 Å². The Morgan fingerprint density at radius 2 is 1.93 bits per heavy atom. The molecule has 0 N–H and O–H groups in total. The van der Waals surface area contributed by atoms with E-state index < -0.39 is 0 Å². The van der Waals surface area contributed by atoms with Gasteiger partial charge >= 0.3 is 0 Å². The maximum atomic E-state index is 11.0. The predicted octanol–water partition coefficient (Wildman–Crippen LogP) is 5.17. The zero-order valence-electron chi connectivity index (χ0n) is 18.5. The average molecular weight is 414 g/mol. The Labute approximate surface area is 180 Å². The van der Waals surface area contributed by atoms with Crippen LogP contribution in [0.25, 0.3) is 11.1 Å². The minimum Gasteiger partial charge on any atom is -0.376 e. The molecule has 0 bridgehead atoms. The van der Waals surface area contributed by atoms with Crippen molar-refractivity contribution in [2.45, 2.75) is 58.8 Å². The summed E-state index contributed by atoms with van der Waals surface area (Å²) in [4.78, 5) is 17.0. The van der Waals surface area contributed by atoms with E-state index in [1.165, 1.54) is 0 Å². The Bertz CT molecular complexity index is 780. The quantitative estimate of drug-likeness (QED) is 0.229. The van der Waals surface area contributed by atoms with Crippen LogP contribution in [0.15, 0.2) is 48.8 Å². The summed E-state index contributed by atoms with van der Waals surface area (Å²) in [6, 6.07) is 8.03. The largest absolute Gasteiger partial charge is 0.376 e. The zero-order chi connectivity index (χ0) is 21.8. The molecule has 0 spiro atoms. The van der Waals surface area contributed by atoms with E-state index in [-0.39, 0.29) is 6.10 Å². The van der Waals surface area contributed by atoms with Crippen LogP contribution in [0, 0.1) is 0 Å². The van der Waals surface area contributed by atoms with Gasteiger partial charge < -0.3 is 4.74 Å². The Balaban J connectivity index is 2.12. The van der Waals surface area contributed by atoms with E-state index in [1.807, 2.05) is 46.4 Å². The number of unbranched alkanes of at least 4 members (excludes halogenated alkanes) is 2. The normalized spacial score (nSPS) is 12.3. The Morgan fingerprint density at radius 1 is 1.23 bits per heavy atom. The number of methoxy groups -OCH3 is 1. The first-order valence-corrected chi connectivity index (χ1v) is 10.8. The van der Waals surface area contributed by atoms with Crippen molar-refractivity contribution in [2.24, 2.45) is 0 Å². The number of aldehydes is 1. The van der Waals surface area contributed by atoms with E-state index in [9.17, 15) is 4.79 Å². The van der Waals surface area contributed by atoms with Gasteiger partial charge in [0.15, 0.2) is 6.73 Å². The highest BCUT2D eigenvalue weighted by Crippen LogP contribution is 2.32. The van der Waals surface area contributed by atoms with Crippen molar-refractivity contribution >= 4 is 6.29 Å². The summed E-state index contributed by atoms with van der Waals surface area (Å²) in [7, 11) is 1.65. The highest BCUT2D eigenvalue weighted by atomic mass is 16.7. The molecule has 0 amide bonds. The zero-order valence-corrected chi connectivity index (χ0v) is 18.5. The van der Waals surface area contributed by atoms with Crippen LogP contribution in [-0.4, -0.2) is 41.3 Å². The highest BCUT2D eigenvalue weighted by Gasteiger charge is 2.17. The molecule has 0 aliphatic heterocycles. The predicted molar refractivity (Wildman–Crippen MR) is 120 cm³/mol. The molecule has 6 heteroatoms. The lowest BCUT2D eigenvalue weighted by molar-refractivity contribution is -0.191. The fourth-order valence-electron chi connectivity index (χ4n) is 3.27. The lowest BCUT2D eigenvalue weighted by Gasteiger charge is -2.21. The number of carbonyl (C=O) groups is 1. The summed E-state index contributed by atoms with van der Waals surface area (Å²) in [5.41, 5.74) is 3.54. The third kappa shape index (κ3) is 7.20. The second-order valence-corrected chi connectivity index (χ2v) is 7.45. The summed E-state index contributed by atoms with van der Waals surface area (Å²) in [5.74, 6) is 0. The molecule has 0 saturated carbocycles. The minimum atomic E-state index is -0.239. The summed E-state index contributed by atoms with van der Waals surface area (Å²) in [5, 5.41) is 6.53. The number of hydrogen-bond donors (Lipinski definition) is 0. The Morgan fingerprint density at radius 3 is 2.57 bits per heavy atom. The number of hydroxylamine groups is 2. The third-order valence-corrected chi connectivity index (χ3v) is 5.05. The number of hydrogen-bond acceptors (Lipinski definition) is 5. The molecule has 1 atom stereocenters. The van der Waals surface area contributed by atoms with Gasteiger partial charge in [-0.05, 0) is 29.5 Å². The number of aromatic nitrogens is 2. The van der Waals surface area contributed by atoms with E-state index in [0.717, 1.165) is 61.7 Å². The molecule has 30 heavy (non-hydrogen) atoms. The van der Waals surface area contributed by atoms with Gasteiger partial charge in [-0.1, -0.05) is 57.5 Å². The molecule has 0 saturated heterocycles. The molecule has 6 nitrogen and oxygen atoms in total. The lowest BCUT2D eigenvalue weighted by atomic mass is 9.95. The van der Waals surface area contributed by atoms with Gasteiger partial charge in [0.1, 0.15) is 6.29 Å². The SMILES string of the molecule is C=C(C=O)CC(OC)c1ccccc1-c1cnn(CON(CCCC)CCCC)c1.